The van der Waals surface area contributed by atoms with Crippen LogP contribution in [-0.4, -0.2) is 27.2 Å². The van der Waals surface area contributed by atoms with E-state index >= 15 is 0 Å². The molecule has 0 spiro atoms. The van der Waals surface area contributed by atoms with Gasteiger partial charge in [-0.05, 0) is 27.2 Å². The Labute approximate surface area is 159 Å². The Morgan fingerprint density at radius 1 is 0.704 bits per heavy atom. The molecule has 27 heavy (non-hydrogen) atoms. The molecule has 2 aromatic carbocycles. The number of allylic oxidation sites excluding steroid dienone is 1. The van der Waals surface area contributed by atoms with Crippen molar-refractivity contribution in [2.45, 2.75) is 33.2 Å². The lowest BCUT2D eigenvalue weighted by Crippen LogP contribution is -2.08. The van der Waals surface area contributed by atoms with Gasteiger partial charge in [0.15, 0.2) is 17.5 Å². The first-order valence-corrected chi connectivity index (χ1v) is 9.22. The zero-order valence-corrected chi connectivity index (χ0v) is 15.8. The molecular formula is C23H22N4. The van der Waals surface area contributed by atoms with Gasteiger partial charge in [-0.3, -0.25) is 4.99 Å². The van der Waals surface area contributed by atoms with Gasteiger partial charge in [0.2, 0.25) is 0 Å². The molecule has 4 rings (SSSR count). The van der Waals surface area contributed by atoms with Crippen LogP contribution < -0.4 is 0 Å². The van der Waals surface area contributed by atoms with Gasteiger partial charge in [-0.2, -0.15) is 0 Å². The van der Waals surface area contributed by atoms with E-state index in [0.717, 1.165) is 23.1 Å². The van der Waals surface area contributed by atoms with Crippen LogP contribution in [-0.2, 0) is 0 Å². The number of hydrogen-bond donors (Lipinski definition) is 0. The number of aliphatic imine (C=N–C) groups is 1. The van der Waals surface area contributed by atoms with Crippen molar-refractivity contribution in [3.8, 4) is 22.8 Å². The molecular weight excluding hydrogens is 332 g/mol. The summed E-state index contributed by atoms with van der Waals surface area (Å²) in [5.74, 6) is 2.04. The Kier molecular flexibility index (Phi) is 4.63. The average molecular weight is 354 g/mol. The van der Waals surface area contributed by atoms with Crippen LogP contribution in [0.1, 0.15) is 30.3 Å². The lowest BCUT2D eigenvalue weighted by molar-refractivity contribution is 0.758. The summed E-state index contributed by atoms with van der Waals surface area (Å²) in [6, 6.07) is 16.8. The molecule has 0 amide bonds. The van der Waals surface area contributed by atoms with Crippen LogP contribution >= 0.6 is 0 Å². The number of nitrogens with zero attached hydrogens (tertiary/aromatic N) is 4. The zero-order valence-electron chi connectivity index (χ0n) is 15.8. The molecule has 0 aliphatic carbocycles. The van der Waals surface area contributed by atoms with Crippen molar-refractivity contribution < 1.29 is 0 Å². The van der Waals surface area contributed by atoms with Gasteiger partial charge in [-0.1, -0.05) is 65.7 Å². The molecule has 3 aromatic rings. The van der Waals surface area contributed by atoms with Crippen molar-refractivity contribution in [3.05, 3.63) is 71.6 Å². The van der Waals surface area contributed by atoms with Gasteiger partial charge in [0, 0.05) is 22.9 Å². The predicted molar refractivity (Wildman–Crippen MR) is 111 cm³/mol. The standard InChI is InChI=1S/C23H22N4/c1-15-4-9-18(10-5-15)21-25-22(19-11-6-16(2)7-12-19)27-23(26-21)20-13-8-17(3)24-14-20/h4-7,9-14,17H,8H2,1-3H3. The Morgan fingerprint density at radius 3 is 1.63 bits per heavy atom. The first kappa shape index (κ1) is 17.3. The largest absolute Gasteiger partial charge is 0.289 e. The average Bonchev–Trinajstić information content (AvgIpc) is 2.69. The van der Waals surface area contributed by atoms with Gasteiger partial charge in [0.25, 0.3) is 0 Å². The van der Waals surface area contributed by atoms with E-state index in [1.165, 1.54) is 11.1 Å². The molecule has 1 aromatic heterocycles. The lowest BCUT2D eigenvalue weighted by Gasteiger charge is -2.12. The minimum atomic E-state index is 0.309. The van der Waals surface area contributed by atoms with Crippen molar-refractivity contribution >= 4 is 11.8 Å². The molecule has 0 N–H and O–H groups in total. The Bertz CT molecular complexity index is 951. The van der Waals surface area contributed by atoms with E-state index in [2.05, 4.69) is 80.4 Å². The maximum Gasteiger partial charge on any atom is 0.165 e. The molecule has 1 aliphatic rings. The molecule has 2 heterocycles. The molecule has 1 unspecified atom stereocenters. The Morgan fingerprint density at radius 2 is 1.19 bits per heavy atom. The lowest BCUT2D eigenvalue weighted by atomic mass is 10.1. The summed E-state index contributed by atoms with van der Waals surface area (Å²) >= 11 is 0. The summed E-state index contributed by atoms with van der Waals surface area (Å²) in [5.41, 5.74) is 5.35. The number of dihydropyridines is 1. The van der Waals surface area contributed by atoms with Gasteiger partial charge in [0.1, 0.15) is 0 Å². The summed E-state index contributed by atoms with van der Waals surface area (Å²) in [6.07, 6.45) is 4.93. The number of aromatic nitrogens is 3. The molecule has 0 bridgehead atoms. The third-order valence-electron chi connectivity index (χ3n) is 4.66. The van der Waals surface area contributed by atoms with Crippen LogP contribution in [0.15, 0.2) is 59.6 Å². The van der Waals surface area contributed by atoms with Crippen molar-refractivity contribution in [2.75, 3.05) is 0 Å². The Balaban J connectivity index is 1.84. The monoisotopic (exact) mass is 354 g/mol. The molecule has 0 radical (unpaired) electrons. The van der Waals surface area contributed by atoms with Gasteiger partial charge >= 0.3 is 0 Å². The van der Waals surface area contributed by atoms with Crippen molar-refractivity contribution in [2.24, 2.45) is 4.99 Å². The highest BCUT2D eigenvalue weighted by atomic mass is 15.0. The van der Waals surface area contributed by atoms with Gasteiger partial charge in [-0.25, -0.2) is 15.0 Å². The SMILES string of the molecule is Cc1ccc(-c2nc(C3=CCC(C)N=C3)nc(-c3ccc(C)cc3)n2)cc1. The second-order valence-corrected chi connectivity index (χ2v) is 7.06. The molecule has 134 valence electrons. The third kappa shape index (κ3) is 3.85. The number of hydrogen-bond acceptors (Lipinski definition) is 4. The first-order valence-electron chi connectivity index (χ1n) is 9.22. The van der Waals surface area contributed by atoms with Crippen LogP contribution in [0.4, 0.5) is 0 Å². The van der Waals surface area contributed by atoms with E-state index in [-0.39, 0.29) is 0 Å². The highest BCUT2D eigenvalue weighted by molar-refractivity contribution is 6.09. The molecule has 1 aliphatic heterocycles. The highest BCUT2D eigenvalue weighted by Crippen LogP contribution is 2.24. The number of benzene rings is 2. The summed E-state index contributed by atoms with van der Waals surface area (Å²) in [7, 11) is 0. The molecule has 0 fully saturated rings. The minimum Gasteiger partial charge on any atom is -0.289 e. The van der Waals surface area contributed by atoms with Crippen LogP contribution in [0, 0.1) is 13.8 Å². The van der Waals surface area contributed by atoms with E-state index in [4.69, 9.17) is 15.0 Å². The van der Waals surface area contributed by atoms with Crippen LogP contribution in [0.5, 0.6) is 0 Å². The Hall–Kier alpha value is -3.14. The maximum absolute atomic E-state index is 4.75. The van der Waals surface area contributed by atoms with Crippen LogP contribution in [0.25, 0.3) is 28.3 Å². The van der Waals surface area contributed by atoms with E-state index in [1.807, 2.05) is 6.21 Å². The van der Waals surface area contributed by atoms with E-state index in [1.54, 1.807) is 0 Å². The van der Waals surface area contributed by atoms with Gasteiger partial charge in [0.05, 0.1) is 6.04 Å². The second-order valence-electron chi connectivity index (χ2n) is 7.06. The van der Waals surface area contributed by atoms with Crippen LogP contribution in [0.3, 0.4) is 0 Å². The molecule has 0 saturated heterocycles. The van der Waals surface area contributed by atoms with Crippen molar-refractivity contribution in [1.82, 2.24) is 15.0 Å². The van der Waals surface area contributed by atoms with E-state index in [0.29, 0.717) is 23.5 Å². The zero-order chi connectivity index (χ0) is 18.8. The minimum absolute atomic E-state index is 0.309. The predicted octanol–water partition coefficient (Wildman–Crippen LogP) is 5.07. The molecule has 0 saturated carbocycles. The summed E-state index contributed by atoms with van der Waals surface area (Å²) in [6.45, 7) is 6.25. The van der Waals surface area contributed by atoms with Crippen molar-refractivity contribution in [3.63, 3.8) is 0 Å². The summed E-state index contributed by atoms with van der Waals surface area (Å²) in [5, 5.41) is 0. The van der Waals surface area contributed by atoms with E-state index < -0.39 is 0 Å². The molecule has 4 nitrogen and oxygen atoms in total. The molecule has 1 atom stereocenters. The fourth-order valence-corrected chi connectivity index (χ4v) is 2.94. The topological polar surface area (TPSA) is 51.0 Å². The third-order valence-corrected chi connectivity index (χ3v) is 4.66. The summed E-state index contributed by atoms with van der Waals surface area (Å²) < 4.78 is 0. The van der Waals surface area contributed by atoms with E-state index in [9.17, 15) is 0 Å². The quantitative estimate of drug-likeness (QED) is 0.660. The highest BCUT2D eigenvalue weighted by Gasteiger charge is 2.15. The van der Waals surface area contributed by atoms with Gasteiger partial charge < -0.3 is 0 Å². The van der Waals surface area contributed by atoms with Crippen LogP contribution in [0.2, 0.25) is 0 Å². The molecule has 4 heteroatoms. The van der Waals surface area contributed by atoms with Gasteiger partial charge in [-0.15, -0.1) is 0 Å². The fraction of sp³-hybridized carbons (Fsp3) is 0.217. The maximum atomic E-state index is 4.75. The summed E-state index contributed by atoms with van der Waals surface area (Å²) in [4.78, 5) is 18.8. The second kappa shape index (κ2) is 7.23. The first-order chi connectivity index (χ1) is 13.1. The smallest absolute Gasteiger partial charge is 0.165 e. The van der Waals surface area contributed by atoms with Crippen molar-refractivity contribution in [1.29, 1.82) is 0 Å². The normalized spacial score (nSPS) is 16.3. The number of aryl methyl sites for hydroxylation is 2. The number of rotatable bonds is 3. The fourth-order valence-electron chi connectivity index (χ4n) is 2.94.